The van der Waals surface area contributed by atoms with Crippen LogP contribution in [0.4, 0.5) is 18.9 Å². The second-order valence-corrected chi connectivity index (χ2v) is 13.9. The third-order valence-electron chi connectivity index (χ3n) is 10.9. The van der Waals surface area contributed by atoms with E-state index < -0.39 is 12.7 Å². The lowest BCUT2D eigenvalue weighted by Crippen LogP contribution is -2.45. The largest absolute Gasteiger partial charge is 0.496 e. The third kappa shape index (κ3) is 7.38. The Morgan fingerprint density at radius 3 is 2.49 bits per heavy atom. The van der Waals surface area contributed by atoms with E-state index in [0.717, 1.165) is 54.6 Å². The Balaban J connectivity index is 1.36. The van der Waals surface area contributed by atoms with Crippen LogP contribution in [0.2, 0.25) is 0 Å². The molecule has 2 saturated heterocycles. The Kier molecular flexibility index (Phi) is 10.1. The molecule has 2 fully saturated rings. The number of carbonyl (C=O) groups is 1. The van der Waals surface area contributed by atoms with Gasteiger partial charge in [-0.3, -0.25) is 14.5 Å². The number of alkyl halides is 3. The monoisotopic (exact) mass is 680 g/mol. The van der Waals surface area contributed by atoms with Gasteiger partial charge in [0.2, 0.25) is 0 Å². The molecular formula is C38H47F3N4O4. The first kappa shape index (κ1) is 35.0. The van der Waals surface area contributed by atoms with Gasteiger partial charge in [-0.05, 0) is 124 Å². The molecule has 264 valence electrons. The van der Waals surface area contributed by atoms with Crippen LogP contribution in [0.5, 0.6) is 5.75 Å². The number of carbonyl (C=O) groups excluding carboxylic acids is 1. The molecule has 0 atom stereocenters. The number of methoxy groups -OCH3 is 1. The zero-order valence-corrected chi connectivity index (χ0v) is 28.9. The smallest absolute Gasteiger partial charge is 0.401 e. The molecule has 3 heterocycles. The van der Waals surface area contributed by atoms with Gasteiger partial charge in [-0.1, -0.05) is 18.2 Å². The first-order valence-electron chi connectivity index (χ1n) is 17.4. The minimum absolute atomic E-state index is 0.000792. The highest BCUT2D eigenvalue weighted by molar-refractivity contribution is 5.99. The van der Waals surface area contributed by atoms with Crippen molar-refractivity contribution in [3.05, 3.63) is 80.3 Å². The maximum absolute atomic E-state index is 14.0. The van der Waals surface area contributed by atoms with Crippen LogP contribution in [0.1, 0.15) is 77.3 Å². The normalized spacial score (nSPS) is 18.0. The molecule has 3 aromatic rings. The summed E-state index contributed by atoms with van der Waals surface area (Å²) in [5, 5.41) is 2.98. The Bertz CT molecular complexity index is 1740. The number of ether oxygens (including phenoxy) is 2. The second kappa shape index (κ2) is 14.2. The molecule has 0 radical (unpaired) electrons. The van der Waals surface area contributed by atoms with Crippen molar-refractivity contribution in [2.45, 2.75) is 83.5 Å². The second-order valence-electron chi connectivity index (χ2n) is 13.9. The Morgan fingerprint density at radius 1 is 1.08 bits per heavy atom. The van der Waals surface area contributed by atoms with Crippen LogP contribution in [0, 0.1) is 13.8 Å². The highest BCUT2D eigenvalue weighted by Gasteiger charge is 2.43. The van der Waals surface area contributed by atoms with Crippen LogP contribution < -0.4 is 20.5 Å². The van der Waals surface area contributed by atoms with Gasteiger partial charge in [-0.15, -0.1) is 0 Å². The summed E-state index contributed by atoms with van der Waals surface area (Å²) in [6.07, 6.45) is 0.827. The standard InChI is InChI=1S/C38H47F3N4O4/c1-5-45(29-9-16-49-17-10-29)33-21-28(19-30(25(33)3)35(46)42-22-31-34(48-4)18-24(2)43-36(31)47)27-7-6-26-8-11-37(32(26)20-27)12-14-44(15-13-37)23-38(39,40)41/h6-7,18-21,29H,5,8-17,22-23H2,1-4H3,(H,42,46)(H,43,47). The lowest BCUT2D eigenvalue weighted by Gasteiger charge is -2.40. The SMILES string of the molecule is CCN(c1cc(-c2ccc3c(c2)C2(CC3)CCN(CC(F)(F)F)CC2)cc(C(=O)NCc2c(OC)cc(C)[nH]c2=O)c1C)C1CCOCC1. The predicted molar refractivity (Wildman–Crippen MR) is 185 cm³/mol. The molecule has 6 rings (SSSR count). The van der Waals surface area contributed by atoms with E-state index >= 15 is 0 Å². The van der Waals surface area contributed by atoms with E-state index in [1.54, 1.807) is 13.0 Å². The van der Waals surface area contributed by atoms with Gasteiger partial charge < -0.3 is 24.7 Å². The van der Waals surface area contributed by atoms with Crippen molar-refractivity contribution >= 4 is 11.6 Å². The molecule has 1 aliphatic carbocycles. The summed E-state index contributed by atoms with van der Waals surface area (Å²) in [5.41, 5.74) is 7.30. The molecule has 0 saturated carbocycles. The summed E-state index contributed by atoms with van der Waals surface area (Å²) in [6, 6.07) is 12.6. The van der Waals surface area contributed by atoms with E-state index in [9.17, 15) is 22.8 Å². The topological polar surface area (TPSA) is 86.9 Å². The van der Waals surface area contributed by atoms with Crippen molar-refractivity contribution in [2.24, 2.45) is 0 Å². The van der Waals surface area contributed by atoms with Gasteiger partial charge in [0, 0.05) is 42.7 Å². The third-order valence-corrected chi connectivity index (χ3v) is 10.9. The molecule has 2 aliphatic heterocycles. The number of nitrogens with one attached hydrogen (secondary N) is 2. The minimum atomic E-state index is -4.20. The van der Waals surface area contributed by atoms with Gasteiger partial charge in [0.25, 0.3) is 11.5 Å². The number of hydrogen-bond donors (Lipinski definition) is 2. The first-order valence-corrected chi connectivity index (χ1v) is 17.4. The minimum Gasteiger partial charge on any atom is -0.496 e. The molecule has 0 bridgehead atoms. The van der Waals surface area contributed by atoms with Gasteiger partial charge >= 0.3 is 6.18 Å². The Morgan fingerprint density at radius 2 is 1.82 bits per heavy atom. The zero-order chi connectivity index (χ0) is 34.9. The number of fused-ring (bicyclic) bond motifs is 2. The van der Waals surface area contributed by atoms with Crippen molar-refractivity contribution in [3.8, 4) is 16.9 Å². The molecule has 1 spiro atoms. The number of H-pyrrole nitrogens is 1. The van der Waals surface area contributed by atoms with Gasteiger partial charge in [-0.2, -0.15) is 13.2 Å². The number of aromatic amines is 1. The Labute approximate surface area is 286 Å². The van der Waals surface area contributed by atoms with Gasteiger partial charge in [0.1, 0.15) is 5.75 Å². The number of halogens is 3. The first-order chi connectivity index (χ1) is 23.4. The number of hydrogen-bond acceptors (Lipinski definition) is 6. The van der Waals surface area contributed by atoms with Crippen molar-refractivity contribution in [2.75, 3.05) is 51.4 Å². The molecule has 1 aromatic heterocycles. The number of likely N-dealkylation sites (tertiary alicyclic amines) is 1. The molecular weight excluding hydrogens is 633 g/mol. The molecule has 2 N–H and O–H groups in total. The van der Waals surface area contributed by atoms with Crippen molar-refractivity contribution < 1.29 is 27.4 Å². The van der Waals surface area contributed by atoms with E-state index in [-0.39, 0.29) is 29.5 Å². The highest BCUT2D eigenvalue weighted by Crippen LogP contribution is 2.48. The number of piperidine rings is 1. The molecule has 2 aromatic carbocycles. The maximum Gasteiger partial charge on any atom is 0.401 e. The number of anilines is 1. The molecule has 11 heteroatoms. The maximum atomic E-state index is 14.0. The quantitative estimate of drug-likeness (QED) is 0.271. The van der Waals surface area contributed by atoms with E-state index in [0.29, 0.717) is 61.7 Å². The number of aryl methyl sites for hydroxylation is 2. The fraction of sp³-hybridized carbons (Fsp3) is 0.526. The van der Waals surface area contributed by atoms with Crippen LogP contribution in [-0.2, 0) is 23.1 Å². The molecule has 8 nitrogen and oxygen atoms in total. The number of amides is 1. The number of benzene rings is 2. The summed E-state index contributed by atoms with van der Waals surface area (Å²) in [7, 11) is 1.50. The molecule has 49 heavy (non-hydrogen) atoms. The van der Waals surface area contributed by atoms with E-state index in [1.165, 1.54) is 23.1 Å². The highest BCUT2D eigenvalue weighted by atomic mass is 19.4. The van der Waals surface area contributed by atoms with E-state index in [4.69, 9.17) is 9.47 Å². The van der Waals surface area contributed by atoms with Crippen LogP contribution >= 0.6 is 0 Å². The fourth-order valence-electron chi connectivity index (χ4n) is 8.21. The fourth-order valence-corrected chi connectivity index (χ4v) is 8.21. The summed E-state index contributed by atoms with van der Waals surface area (Å²) in [6.45, 7) is 8.00. The summed E-state index contributed by atoms with van der Waals surface area (Å²) in [5.74, 6) is 0.126. The van der Waals surface area contributed by atoms with E-state index in [1.807, 2.05) is 13.0 Å². The van der Waals surface area contributed by atoms with Crippen LogP contribution in [-0.4, -0.2) is 74.5 Å². The molecule has 3 aliphatic rings. The van der Waals surface area contributed by atoms with Crippen LogP contribution in [0.25, 0.3) is 11.1 Å². The lowest BCUT2D eigenvalue weighted by atomic mass is 9.73. The average molecular weight is 681 g/mol. The molecule has 0 unspecified atom stereocenters. The van der Waals surface area contributed by atoms with Crippen molar-refractivity contribution in [3.63, 3.8) is 0 Å². The Hall–Kier alpha value is -3.83. The number of rotatable bonds is 9. The number of aromatic nitrogens is 1. The summed E-state index contributed by atoms with van der Waals surface area (Å²) >= 11 is 0. The predicted octanol–water partition coefficient (Wildman–Crippen LogP) is 6.44. The summed E-state index contributed by atoms with van der Waals surface area (Å²) in [4.78, 5) is 33.5. The van der Waals surface area contributed by atoms with Crippen LogP contribution in [0.3, 0.4) is 0 Å². The van der Waals surface area contributed by atoms with E-state index in [2.05, 4.69) is 46.4 Å². The zero-order valence-electron chi connectivity index (χ0n) is 28.9. The van der Waals surface area contributed by atoms with Crippen molar-refractivity contribution in [1.29, 1.82) is 0 Å². The van der Waals surface area contributed by atoms with Gasteiger partial charge in [-0.25, -0.2) is 0 Å². The van der Waals surface area contributed by atoms with Gasteiger partial charge in [0.15, 0.2) is 0 Å². The average Bonchev–Trinajstić information content (AvgIpc) is 3.42. The summed E-state index contributed by atoms with van der Waals surface area (Å²) < 4.78 is 50.5. The van der Waals surface area contributed by atoms with Gasteiger partial charge in [0.05, 0.1) is 25.8 Å². The van der Waals surface area contributed by atoms with Crippen molar-refractivity contribution in [1.82, 2.24) is 15.2 Å². The lowest BCUT2D eigenvalue weighted by molar-refractivity contribution is -0.149. The number of nitrogens with zero attached hydrogens (tertiary/aromatic N) is 2. The van der Waals surface area contributed by atoms with Crippen LogP contribution in [0.15, 0.2) is 41.2 Å². The number of pyridine rings is 1. The molecule has 1 amide bonds.